The van der Waals surface area contributed by atoms with Gasteiger partial charge in [0.2, 0.25) is 0 Å². The molecule has 3 aromatic heterocycles. The summed E-state index contributed by atoms with van der Waals surface area (Å²) in [7, 11) is 0. The van der Waals surface area contributed by atoms with Crippen molar-refractivity contribution < 1.29 is 22.4 Å². The van der Waals surface area contributed by atoms with E-state index in [2.05, 4.69) is 15.1 Å². The van der Waals surface area contributed by atoms with E-state index in [-0.39, 0.29) is 16.8 Å². The van der Waals surface area contributed by atoms with Crippen LogP contribution in [0.2, 0.25) is 0 Å². The van der Waals surface area contributed by atoms with Crippen molar-refractivity contribution in [1.82, 2.24) is 15.0 Å². The van der Waals surface area contributed by atoms with Crippen LogP contribution in [0.3, 0.4) is 0 Å². The number of hydrazone groups is 1. The summed E-state index contributed by atoms with van der Waals surface area (Å²) in [4.78, 5) is 21.0. The zero-order valence-corrected chi connectivity index (χ0v) is 16.3. The standard InChI is InChI=1S/C18H13F3N4O2S2/c19-18(20,21)15-5-6-22-17(23-15)29-10-16(26)25-12(13-3-1-7-27-13)9-11(24-25)14-4-2-8-28-14/h1-8,12H,9-10H2. The fourth-order valence-electron chi connectivity index (χ4n) is 2.80. The van der Waals surface area contributed by atoms with Gasteiger partial charge >= 0.3 is 6.18 Å². The Morgan fingerprint density at radius 1 is 1.31 bits per heavy atom. The SMILES string of the molecule is O=C(CSc1nccc(C(F)(F)F)n1)N1N=C(c2cccs2)CC1c1ccco1. The number of aromatic nitrogens is 2. The molecule has 0 radical (unpaired) electrons. The van der Waals surface area contributed by atoms with Crippen molar-refractivity contribution in [2.75, 3.05) is 5.75 Å². The molecule has 150 valence electrons. The maximum atomic E-state index is 12.8. The average molecular weight is 438 g/mol. The van der Waals surface area contributed by atoms with Crippen LogP contribution in [-0.2, 0) is 11.0 Å². The summed E-state index contributed by atoms with van der Waals surface area (Å²) >= 11 is 2.35. The molecule has 0 saturated heterocycles. The summed E-state index contributed by atoms with van der Waals surface area (Å²) < 4.78 is 43.8. The van der Waals surface area contributed by atoms with E-state index in [1.54, 1.807) is 12.1 Å². The van der Waals surface area contributed by atoms with Gasteiger partial charge in [0.15, 0.2) is 5.16 Å². The third kappa shape index (κ3) is 4.35. The first kappa shape index (κ1) is 19.6. The van der Waals surface area contributed by atoms with Gasteiger partial charge in [0, 0.05) is 12.6 Å². The van der Waals surface area contributed by atoms with Gasteiger partial charge in [0.25, 0.3) is 5.91 Å². The van der Waals surface area contributed by atoms with Crippen molar-refractivity contribution in [3.63, 3.8) is 0 Å². The van der Waals surface area contributed by atoms with Crippen LogP contribution in [0.15, 0.2) is 62.8 Å². The third-order valence-corrected chi connectivity index (χ3v) is 5.86. The van der Waals surface area contributed by atoms with E-state index in [1.165, 1.54) is 22.6 Å². The van der Waals surface area contributed by atoms with Crippen molar-refractivity contribution in [2.45, 2.75) is 23.8 Å². The minimum Gasteiger partial charge on any atom is -0.467 e. The van der Waals surface area contributed by atoms with Crippen molar-refractivity contribution in [2.24, 2.45) is 5.10 Å². The fraction of sp³-hybridized carbons (Fsp3) is 0.222. The normalized spacial score (nSPS) is 16.9. The summed E-state index contributed by atoms with van der Waals surface area (Å²) in [5.41, 5.74) is -0.287. The molecule has 0 fully saturated rings. The predicted octanol–water partition coefficient (Wildman–Crippen LogP) is 4.62. The molecule has 1 atom stereocenters. The highest BCUT2D eigenvalue weighted by molar-refractivity contribution is 7.99. The van der Waals surface area contributed by atoms with Crippen LogP contribution in [0.5, 0.6) is 0 Å². The molecule has 0 aliphatic carbocycles. The summed E-state index contributed by atoms with van der Waals surface area (Å²) in [6, 6.07) is 7.69. The van der Waals surface area contributed by atoms with Crippen molar-refractivity contribution in [3.05, 3.63) is 64.5 Å². The lowest BCUT2D eigenvalue weighted by atomic mass is 10.1. The van der Waals surface area contributed by atoms with Gasteiger partial charge in [-0.05, 0) is 29.6 Å². The average Bonchev–Trinajstić information content (AvgIpc) is 3.46. The number of rotatable bonds is 5. The number of amides is 1. The molecule has 6 nitrogen and oxygen atoms in total. The first-order valence-corrected chi connectivity index (χ1v) is 10.3. The topological polar surface area (TPSA) is 71.6 Å². The lowest BCUT2D eigenvalue weighted by molar-refractivity contribution is -0.141. The largest absolute Gasteiger partial charge is 0.467 e. The van der Waals surface area contributed by atoms with E-state index in [9.17, 15) is 18.0 Å². The lowest BCUT2D eigenvalue weighted by Gasteiger charge is -2.19. The van der Waals surface area contributed by atoms with Gasteiger partial charge < -0.3 is 4.42 Å². The summed E-state index contributed by atoms with van der Waals surface area (Å²) in [6.07, 6.45) is -1.53. The lowest BCUT2D eigenvalue weighted by Crippen LogP contribution is -2.28. The van der Waals surface area contributed by atoms with E-state index >= 15 is 0 Å². The second-order valence-electron chi connectivity index (χ2n) is 6.01. The first-order chi connectivity index (χ1) is 13.9. The Morgan fingerprint density at radius 2 is 2.17 bits per heavy atom. The summed E-state index contributed by atoms with van der Waals surface area (Å²) in [5, 5.41) is 7.58. The Labute approximate surface area is 171 Å². The van der Waals surface area contributed by atoms with E-state index in [0.29, 0.717) is 12.2 Å². The number of nitrogens with zero attached hydrogens (tertiary/aromatic N) is 4. The van der Waals surface area contributed by atoms with Crippen LogP contribution in [0.1, 0.15) is 28.8 Å². The Kier molecular flexibility index (Phi) is 5.41. The molecule has 1 aliphatic rings. The molecule has 1 amide bonds. The molecule has 0 aromatic carbocycles. The molecule has 0 saturated carbocycles. The highest BCUT2D eigenvalue weighted by Gasteiger charge is 2.36. The van der Waals surface area contributed by atoms with E-state index in [4.69, 9.17) is 4.42 Å². The van der Waals surface area contributed by atoms with Gasteiger partial charge in [-0.3, -0.25) is 4.79 Å². The fourth-order valence-corrected chi connectivity index (χ4v) is 4.20. The number of hydrogen-bond donors (Lipinski definition) is 0. The molecule has 4 heterocycles. The molecular formula is C18H13F3N4O2S2. The number of thioether (sulfide) groups is 1. The van der Waals surface area contributed by atoms with Crippen LogP contribution in [0, 0.1) is 0 Å². The van der Waals surface area contributed by atoms with Crippen LogP contribution in [0.25, 0.3) is 0 Å². The Balaban J connectivity index is 1.51. The van der Waals surface area contributed by atoms with Crippen LogP contribution < -0.4 is 0 Å². The maximum Gasteiger partial charge on any atom is 0.433 e. The number of furan rings is 1. The number of alkyl halides is 3. The Bertz CT molecular complexity index is 1020. The van der Waals surface area contributed by atoms with Crippen molar-refractivity contribution >= 4 is 34.7 Å². The summed E-state index contributed by atoms with van der Waals surface area (Å²) in [6.45, 7) is 0. The minimum absolute atomic E-state index is 0.121. The third-order valence-electron chi connectivity index (χ3n) is 4.09. The molecule has 0 spiro atoms. The molecule has 0 N–H and O–H groups in total. The van der Waals surface area contributed by atoms with E-state index in [0.717, 1.165) is 34.6 Å². The number of carbonyl (C=O) groups is 1. The molecule has 29 heavy (non-hydrogen) atoms. The van der Waals surface area contributed by atoms with Gasteiger partial charge in [-0.2, -0.15) is 18.3 Å². The number of hydrogen-bond acceptors (Lipinski definition) is 7. The van der Waals surface area contributed by atoms with Crippen molar-refractivity contribution in [3.8, 4) is 0 Å². The second kappa shape index (κ2) is 7.99. The number of thiophene rings is 1. The van der Waals surface area contributed by atoms with Crippen LogP contribution in [0.4, 0.5) is 13.2 Å². The van der Waals surface area contributed by atoms with Crippen LogP contribution in [-0.4, -0.2) is 32.3 Å². The predicted molar refractivity (Wildman–Crippen MR) is 102 cm³/mol. The first-order valence-electron chi connectivity index (χ1n) is 8.41. The minimum atomic E-state index is -4.57. The molecule has 1 aliphatic heterocycles. The van der Waals surface area contributed by atoms with E-state index < -0.39 is 17.9 Å². The Morgan fingerprint density at radius 3 is 2.86 bits per heavy atom. The molecule has 1 unspecified atom stereocenters. The second-order valence-corrected chi connectivity index (χ2v) is 7.90. The quantitative estimate of drug-likeness (QED) is 0.429. The van der Waals surface area contributed by atoms with Gasteiger partial charge in [-0.15, -0.1) is 11.3 Å². The van der Waals surface area contributed by atoms with Crippen LogP contribution >= 0.6 is 23.1 Å². The molecule has 3 aromatic rings. The monoisotopic (exact) mass is 438 g/mol. The van der Waals surface area contributed by atoms with Crippen molar-refractivity contribution in [1.29, 1.82) is 0 Å². The zero-order valence-electron chi connectivity index (χ0n) is 14.7. The van der Waals surface area contributed by atoms with Gasteiger partial charge in [0.05, 0.1) is 22.6 Å². The molecular weight excluding hydrogens is 425 g/mol. The molecule has 4 rings (SSSR count). The number of halogens is 3. The van der Waals surface area contributed by atoms with Gasteiger partial charge in [-0.25, -0.2) is 15.0 Å². The van der Waals surface area contributed by atoms with Gasteiger partial charge in [-0.1, -0.05) is 17.8 Å². The van der Waals surface area contributed by atoms with Gasteiger partial charge in [0.1, 0.15) is 17.5 Å². The molecule has 0 bridgehead atoms. The number of carbonyl (C=O) groups excluding carboxylic acids is 1. The highest BCUT2D eigenvalue weighted by Crippen LogP contribution is 2.35. The highest BCUT2D eigenvalue weighted by atomic mass is 32.2. The van der Waals surface area contributed by atoms with E-state index in [1.807, 2.05) is 17.5 Å². The Hall–Kier alpha value is -2.66. The maximum absolute atomic E-state index is 12.8. The summed E-state index contributed by atoms with van der Waals surface area (Å²) in [5.74, 6) is 0.0673. The smallest absolute Gasteiger partial charge is 0.433 e. The zero-order chi connectivity index (χ0) is 20.4. The molecule has 11 heteroatoms.